The molecule has 0 saturated carbocycles. The van der Waals surface area contributed by atoms with Crippen LogP contribution in [0, 0.1) is 11.8 Å². The number of halogens is 1. The Morgan fingerprint density at radius 3 is 2.86 bits per heavy atom. The molecular weight excluding hydrogens is 378 g/mol. The normalized spacial score (nSPS) is 26.4. The maximum Gasteiger partial charge on any atom is 0.255 e. The SMILES string of the molecule is CCC#CCOc1cc(N)c(Cl)cc1C(=O)NC1CC2CC(OC)C(C1)N2C. The van der Waals surface area contributed by atoms with Crippen LogP contribution in [0.15, 0.2) is 12.1 Å². The second kappa shape index (κ2) is 9.04. The van der Waals surface area contributed by atoms with Crippen LogP contribution in [0.5, 0.6) is 5.75 Å². The second-order valence-electron chi connectivity index (χ2n) is 7.40. The predicted octanol–water partition coefficient (Wildman–Crippen LogP) is 2.69. The number of anilines is 1. The van der Waals surface area contributed by atoms with E-state index in [1.807, 2.05) is 6.92 Å². The summed E-state index contributed by atoms with van der Waals surface area (Å²) in [4.78, 5) is 15.4. The van der Waals surface area contributed by atoms with Gasteiger partial charge in [0.15, 0.2) is 0 Å². The number of nitrogens with two attached hydrogens (primary N) is 1. The molecule has 2 heterocycles. The summed E-state index contributed by atoms with van der Waals surface area (Å²) in [6.07, 6.45) is 3.74. The molecule has 0 aliphatic carbocycles. The molecule has 2 aliphatic rings. The second-order valence-corrected chi connectivity index (χ2v) is 7.81. The number of nitrogen functional groups attached to an aromatic ring is 1. The molecule has 6 nitrogen and oxygen atoms in total. The molecule has 0 radical (unpaired) electrons. The summed E-state index contributed by atoms with van der Waals surface area (Å²) in [5.41, 5.74) is 6.65. The number of likely N-dealkylation sites (N-methyl/N-ethyl adjacent to an activating group) is 1. The monoisotopic (exact) mass is 405 g/mol. The van der Waals surface area contributed by atoms with Gasteiger partial charge in [0, 0.05) is 37.7 Å². The molecule has 2 saturated heterocycles. The number of fused-ring (bicyclic) bond motifs is 2. The fourth-order valence-corrected chi connectivity index (χ4v) is 4.38. The largest absolute Gasteiger partial charge is 0.480 e. The van der Waals surface area contributed by atoms with E-state index < -0.39 is 0 Å². The molecule has 7 heteroatoms. The number of carbonyl (C=O) groups excluding carboxylic acids is 1. The summed E-state index contributed by atoms with van der Waals surface area (Å²) in [5, 5.41) is 3.49. The van der Waals surface area contributed by atoms with E-state index in [2.05, 4.69) is 29.1 Å². The summed E-state index contributed by atoms with van der Waals surface area (Å²) >= 11 is 6.16. The average molecular weight is 406 g/mol. The first kappa shape index (κ1) is 20.8. The molecule has 4 atom stereocenters. The Balaban J connectivity index is 1.72. The zero-order chi connectivity index (χ0) is 20.3. The number of methoxy groups -OCH3 is 1. The zero-order valence-corrected chi connectivity index (χ0v) is 17.4. The molecule has 3 rings (SSSR count). The molecule has 3 N–H and O–H groups in total. The van der Waals surface area contributed by atoms with Gasteiger partial charge < -0.3 is 20.5 Å². The van der Waals surface area contributed by atoms with Crippen molar-refractivity contribution in [3.63, 3.8) is 0 Å². The number of nitrogens with zero attached hydrogens (tertiary/aromatic N) is 1. The van der Waals surface area contributed by atoms with Crippen LogP contribution in [0.4, 0.5) is 5.69 Å². The molecule has 28 heavy (non-hydrogen) atoms. The highest BCUT2D eigenvalue weighted by Gasteiger charge is 2.45. The molecular formula is C21H28ClN3O3. The van der Waals surface area contributed by atoms with E-state index in [-0.39, 0.29) is 24.7 Å². The summed E-state index contributed by atoms with van der Waals surface area (Å²) in [6.45, 7) is 2.16. The van der Waals surface area contributed by atoms with Crippen molar-refractivity contribution in [1.29, 1.82) is 0 Å². The van der Waals surface area contributed by atoms with Crippen molar-refractivity contribution in [1.82, 2.24) is 10.2 Å². The third kappa shape index (κ3) is 4.38. The van der Waals surface area contributed by atoms with Crippen molar-refractivity contribution in [3.8, 4) is 17.6 Å². The Bertz CT molecular complexity index is 789. The van der Waals surface area contributed by atoms with Crippen molar-refractivity contribution in [3.05, 3.63) is 22.7 Å². The Morgan fingerprint density at radius 1 is 1.36 bits per heavy atom. The van der Waals surface area contributed by atoms with Crippen molar-refractivity contribution in [2.45, 2.75) is 56.8 Å². The van der Waals surface area contributed by atoms with Gasteiger partial charge in [-0.05, 0) is 32.4 Å². The number of hydrogen-bond acceptors (Lipinski definition) is 5. The van der Waals surface area contributed by atoms with Crippen LogP contribution in [0.2, 0.25) is 5.02 Å². The fourth-order valence-electron chi connectivity index (χ4n) is 4.21. The van der Waals surface area contributed by atoms with E-state index in [0.717, 1.165) is 25.7 Å². The van der Waals surface area contributed by atoms with E-state index in [4.69, 9.17) is 26.8 Å². The van der Waals surface area contributed by atoms with Gasteiger partial charge in [-0.15, -0.1) is 5.92 Å². The lowest BCUT2D eigenvalue weighted by Crippen LogP contribution is -2.50. The standard InChI is InChI=1S/C21H28ClN3O3/c1-4-5-6-7-28-19-12-17(23)16(22)11-15(19)21(26)24-13-8-14-10-20(27-3)18(9-13)25(14)2/h11-14,18,20H,4,7-10,23H2,1-3H3,(H,24,26). The maximum atomic E-state index is 13.0. The third-order valence-electron chi connectivity index (χ3n) is 5.70. The van der Waals surface area contributed by atoms with Gasteiger partial charge >= 0.3 is 0 Å². The van der Waals surface area contributed by atoms with Crippen molar-refractivity contribution in [2.24, 2.45) is 0 Å². The Labute approximate surface area is 171 Å². The lowest BCUT2D eigenvalue weighted by Gasteiger charge is -2.37. The van der Waals surface area contributed by atoms with E-state index in [9.17, 15) is 4.79 Å². The highest BCUT2D eigenvalue weighted by Crippen LogP contribution is 2.36. The minimum atomic E-state index is -0.205. The van der Waals surface area contributed by atoms with Gasteiger partial charge in [-0.2, -0.15) is 0 Å². The van der Waals surface area contributed by atoms with Crippen molar-refractivity contribution >= 4 is 23.2 Å². The number of rotatable bonds is 5. The summed E-state index contributed by atoms with van der Waals surface area (Å²) in [6, 6.07) is 3.98. The molecule has 0 spiro atoms. The lowest BCUT2D eigenvalue weighted by atomic mass is 9.97. The van der Waals surface area contributed by atoms with E-state index in [1.165, 1.54) is 0 Å². The summed E-state index contributed by atoms with van der Waals surface area (Å²) in [7, 11) is 3.89. The number of carbonyl (C=O) groups is 1. The van der Waals surface area contributed by atoms with Gasteiger partial charge in [-0.25, -0.2) is 0 Å². The predicted molar refractivity (Wildman–Crippen MR) is 111 cm³/mol. The third-order valence-corrected chi connectivity index (χ3v) is 6.03. The molecule has 2 aliphatic heterocycles. The topological polar surface area (TPSA) is 76.8 Å². The molecule has 1 amide bonds. The van der Waals surface area contributed by atoms with E-state index in [0.29, 0.717) is 34.1 Å². The van der Waals surface area contributed by atoms with Crippen LogP contribution < -0.4 is 15.8 Å². The highest BCUT2D eigenvalue weighted by molar-refractivity contribution is 6.33. The van der Waals surface area contributed by atoms with Crippen LogP contribution >= 0.6 is 11.6 Å². The van der Waals surface area contributed by atoms with Gasteiger partial charge in [-0.3, -0.25) is 9.69 Å². The minimum absolute atomic E-state index is 0.0860. The molecule has 0 aromatic heterocycles. The molecule has 2 bridgehead atoms. The minimum Gasteiger partial charge on any atom is -0.480 e. The Morgan fingerprint density at radius 2 is 2.14 bits per heavy atom. The van der Waals surface area contributed by atoms with Gasteiger partial charge in [0.05, 0.1) is 22.4 Å². The van der Waals surface area contributed by atoms with Crippen LogP contribution in [0.1, 0.15) is 43.0 Å². The highest BCUT2D eigenvalue weighted by atomic mass is 35.5. The molecule has 2 fully saturated rings. The van der Waals surface area contributed by atoms with Crippen LogP contribution in [0.3, 0.4) is 0 Å². The molecule has 1 aromatic rings. The first-order chi connectivity index (χ1) is 13.4. The number of ether oxygens (including phenoxy) is 2. The molecule has 4 unspecified atom stereocenters. The number of benzene rings is 1. The number of hydrogen-bond donors (Lipinski definition) is 2. The quantitative estimate of drug-likeness (QED) is 0.581. The maximum absolute atomic E-state index is 13.0. The van der Waals surface area contributed by atoms with E-state index in [1.54, 1.807) is 19.2 Å². The van der Waals surface area contributed by atoms with Gasteiger partial charge in [-0.1, -0.05) is 24.4 Å². The zero-order valence-electron chi connectivity index (χ0n) is 16.6. The summed E-state index contributed by atoms with van der Waals surface area (Å²) in [5.74, 6) is 6.04. The smallest absolute Gasteiger partial charge is 0.255 e. The van der Waals surface area contributed by atoms with Crippen LogP contribution in [-0.2, 0) is 4.74 Å². The fraction of sp³-hybridized carbons (Fsp3) is 0.571. The van der Waals surface area contributed by atoms with Crippen molar-refractivity contribution < 1.29 is 14.3 Å². The van der Waals surface area contributed by atoms with Crippen LogP contribution in [-0.4, -0.2) is 55.8 Å². The Hall–Kier alpha value is -1.94. The van der Waals surface area contributed by atoms with Gasteiger partial charge in [0.25, 0.3) is 5.91 Å². The number of piperidine rings is 1. The molecule has 1 aromatic carbocycles. The lowest BCUT2D eigenvalue weighted by molar-refractivity contribution is 0.0524. The average Bonchev–Trinajstić information content (AvgIpc) is 2.85. The first-order valence-corrected chi connectivity index (χ1v) is 10.1. The van der Waals surface area contributed by atoms with E-state index >= 15 is 0 Å². The number of nitrogens with one attached hydrogen (secondary N) is 1. The van der Waals surface area contributed by atoms with Crippen LogP contribution in [0.25, 0.3) is 0 Å². The first-order valence-electron chi connectivity index (χ1n) is 9.67. The van der Waals surface area contributed by atoms with Gasteiger partial charge in [0.2, 0.25) is 0 Å². The molecule has 152 valence electrons. The van der Waals surface area contributed by atoms with Gasteiger partial charge in [0.1, 0.15) is 12.4 Å². The Kier molecular flexibility index (Phi) is 6.71. The summed E-state index contributed by atoms with van der Waals surface area (Å²) < 4.78 is 11.3. The van der Waals surface area contributed by atoms with Crippen molar-refractivity contribution in [2.75, 3.05) is 26.5 Å². The number of amides is 1.